The lowest BCUT2D eigenvalue weighted by atomic mass is 10.1. The number of likely N-dealkylation sites (tertiary alicyclic amines) is 1. The highest BCUT2D eigenvalue weighted by Crippen LogP contribution is 2.20. The predicted octanol–water partition coefficient (Wildman–Crippen LogP) is 2.03. The SMILES string of the molecule is CC(C)CCN(CC(=O)N1CCCCC1)c1c(N)n(Cc2ccccc2)c(=O)[nH]c1=O. The van der Waals surface area contributed by atoms with Crippen molar-refractivity contribution in [3.63, 3.8) is 0 Å². The Labute approximate surface area is 182 Å². The van der Waals surface area contributed by atoms with Gasteiger partial charge < -0.3 is 15.5 Å². The number of nitrogens with one attached hydrogen (secondary N) is 1. The minimum Gasteiger partial charge on any atom is -0.383 e. The van der Waals surface area contributed by atoms with Gasteiger partial charge in [0.15, 0.2) is 0 Å². The van der Waals surface area contributed by atoms with Gasteiger partial charge in [-0.05, 0) is 37.2 Å². The van der Waals surface area contributed by atoms with E-state index in [1.54, 1.807) is 4.90 Å². The molecular formula is C23H33N5O3. The molecule has 1 fully saturated rings. The molecule has 0 saturated carbocycles. The van der Waals surface area contributed by atoms with Crippen molar-refractivity contribution in [1.29, 1.82) is 0 Å². The zero-order valence-corrected chi connectivity index (χ0v) is 18.5. The van der Waals surface area contributed by atoms with E-state index in [-0.39, 0.29) is 30.5 Å². The summed E-state index contributed by atoms with van der Waals surface area (Å²) in [4.78, 5) is 44.3. The van der Waals surface area contributed by atoms with Gasteiger partial charge in [-0.3, -0.25) is 19.1 Å². The second kappa shape index (κ2) is 10.3. The van der Waals surface area contributed by atoms with Crippen molar-refractivity contribution in [2.24, 2.45) is 5.92 Å². The molecule has 0 radical (unpaired) electrons. The molecule has 8 heteroatoms. The van der Waals surface area contributed by atoms with Gasteiger partial charge >= 0.3 is 5.69 Å². The van der Waals surface area contributed by atoms with Crippen LogP contribution in [0.25, 0.3) is 0 Å². The molecule has 2 heterocycles. The predicted molar refractivity (Wildman–Crippen MR) is 123 cm³/mol. The fourth-order valence-corrected chi connectivity index (χ4v) is 3.90. The van der Waals surface area contributed by atoms with Gasteiger partial charge in [0.25, 0.3) is 5.56 Å². The molecule has 3 rings (SSSR count). The lowest BCUT2D eigenvalue weighted by Gasteiger charge is -2.31. The van der Waals surface area contributed by atoms with Gasteiger partial charge in [0.1, 0.15) is 11.5 Å². The Morgan fingerprint density at radius 3 is 2.45 bits per heavy atom. The molecule has 1 aliphatic heterocycles. The first-order valence-corrected chi connectivity index (χ1v) is 11.1. The van der Waals surface area contributed by atoms with Crippen molar-refractivity contribution >= 4 is 17.4 Å². The zero-order valence-electron chi connectivity index (χ0n) is 18.5. The van der Waals surface area contributed by atoms with E-state index in [0.29, 0.717) is 12.5 Å². The molecule has 31 heavy (non-hydrogen) atoms. The zero-order chi connectivity index (χ0) is 22.4. The number of H-pyrrole nitrogens is 1. The summed E-state index contributed by atoms with van der Waals surface area (Å²) in [6.07, 6.45) is 3.94. The minimum atomic E-state index is -0.554. The van der Waals surface area contributed by atoms with Crippen LogP contribution in [0.1, 0.15) is 45.1 Å². The molecule has 0 spiro atoms. The molecular weight excluding hydrogens is 394 g/mol. The van der Waals surface area contributed by atoms with Crippen molar-refractivity contribution in [3.05, 3.63) is 56.7 Å². The number of benzene rings is 1. The maximum Gasteiger partial charge on any atom is 0.330 e. The Bertz CT molecular complexity index is 991. The normalized spacial score (nSPS) is 14.1. The Morgan fingerprint density at radius 1 is 1.13 bits per heavy atom. The Kier molecular flexibility index (Phi) is 7.55. The minimum absolute atomic E-state index is 0.0111. The molecule has 0 bridgehead atoms. The van der Waals surface area contributed by atoms with Crippen molar-refractivity contribution in [2.45, 2.75) is 46.1 Å². The van der Waals surface area contributed by atoms with Crippen LogP contribution in [0, 0.1) is 5.92 Å². The number of hydrogen-bond donors (Lipinski definition) is 2. The third kappa shape index (κ3) is 5.77. The Balaban J connectivity index is 1.94. The maximum atomic E-state index is 13.0. The highest BCUT2D eigenvalue weighted by atomic mass is 16.2. The summed E-state index contributed by atoms with van der Waals surface area (Å²) < 4.78 is 1.36. The summed E-state index contributed by atoms with van der Waals surface area (Å²) in [7, 11) is 0. The summed E-state index contributed by atoms with van der Waals surface area (Å²) in [5, 5.41) is 0. The number of aromatic amines is 1. The van der Waals surface area contributed by atoms with Crippen LogP contribution in [0.5, 0.6) is 0 Å². The van der Waals surface area contributed by atoms with Crippen molar-refractivity contribution in [3.8, 4) is 0 Å². The van der Waals surface area contributed by atoms with Crippen LogP contribution in [0.4, 0.5) is 11.5 Å². The molecule has 168 valence electrons. The lowest BCUT2D eigenvalue weighted by molar-refractivity contribution is -0.130. The molecule has 1 saturated heterocycles. The molecule has 8 nitrogen and oxygen atoms in total. The topological polar surface area (TPSA) is 104 Å². The smallest absolute Gasteiger partial charge is 0.330 e. The fraction of sp³-hybridized carbons (Fsp3) is 0.522. The third-order valence-electron chi connectivity index (χ3n) is 5.73. The number of amides is 1. The molecule has 1 aromatic carbocycles. The fourth-order valence-electron chi connectivity index (χ4n) is 3.90. The summed E-state index contributed by atoms with van der Waals surface area (Å²) in [6.45, 7) is 6.50. The number of carbonyl (C=O) groups is 1. The Hall–Kier alpha value is -3.03. The van der Waals surface area contributed by atoms with Crippen molar-refractivity contribution < 1.29 is 4.79 Å². The molecule has 1 aromatic heterocycles. The number of anilines is 2. The molecule has 0 unspecified atom stereocenters. The average Bonchev–Trinajstić information content (AvgIpc) is 2.76. The number of hydrogen-bond acceptors (Lipinski definition) is 5. The third-order valence-corrected chi connectivity index (χ3v) is 5.73. The van der Waals surface area contributed by atoms with E-state index in [9.17, 15) is 14.4 Å². The van der Waals surface area contributed by atoms with Gasteiger partial charge in [-0.1, -0.05) is 44.2 Å². The van der Waals surface area contributed by atoms with Crippen molar-refractivity contribution in [1.82, 2.24) is 14.5 Å². The molecule has 2 aromatic rings. The standard InChI is InChI=1S/C23H33N5O3/c1-17(2)11-14-27(16-19(29)26-12-7-4-8-13-26)20-21(24)28(23(31)25-22(20)30)15-18-9-5-3-6-10-18/h3,5-6,9-10,17H,4,7-8,11-16,24H2,1-2H3,(H,25,30,31). The maximum absolute atomic E-state index is 13.0. The van der Waals surface area contributed by atoms with Gasteiger partial charge in [-0.25, -0.2) is 4.79 Å². The van der Waals surface area contributed by atoms with Crippen LogP contribution in [0.2, 0.25) is 0 Å². The quantitative estimate of drug-likeness (QED) is 0.671. The van der Waals surface area contributed by atoms with E-state index >= 15 is 0 Å². The number of nitrogen functional groups attached to an aromatic ring is 1. The highest BCUT2D eigenvalue weighted by molar-refractivity contribution is 5.82. The van der Waals surface area contributed by atoms with E-state index in [1.807, 2.05) is 35.2 Å². The van der Waals surface area contributed by atoms with Crippen LogP contribution in [0.3, 0.4) is 0 Å². The average molecular weight is 428 g/mol. The monoisotopic (exact) mass is 427 g/mol. The number of nitrogens with two attached hydrogens (primary N) is 1. The number of nitrogens with zero attached hydrogens (tertiary/aromatic N) is 3. The lowest BCUT2D eigenvalue weighted by Crippen LogP contribution is -2.46. The van der Waals surface area contributed by atoms with Gasteiger partial charge in [-0.15, -0.1) is 0 Å². The van der Waals surface area contributed by atoms with Gasteiger partial charge in [0, 0.05) is 19.6 Å². The van der Waals surface area contributed by atoms with Crippen LogP contribution in [-0.4, -0.2) is 46.5 Å². The van der Waals surface area contributed by atoms with E-state index in [0.717, 1.165) is 44.3 Å². The molecule has 3 N–H and O–H groups in total. The van der Waals surface area contributed by atoms with Crippen LogP contribution >= 0.6 is 0 Å². The first-order chi connectivity index (χ1) is 14.9. The number of piperidine rings is 1. The summed E-state index contributed by atoms with van der Waals surface area (Å²) >= 11 is 0. The van der Waals surface area contributed by atoms with E-state index in [4.69, 9.17) is 5.73 Å². The first-order valence-electron chi connectivity index (χ1n) is 11.1. The molecule has 1 aliphatic rings. The molecule has 0 aliphatic carbocycles. The first kappa shape index (κ1) is 22.7. The van der Waals surface area contributed by atoms with Gasteiger partial charge in [0.2, 0.25) is 5.91 Å². The summed E-state index contributed by atoms with van der Waals surface area (Å²) in [5.74, 6) is 0.471. The summed E-state index contributed by atoms with van der Waals surface area (Å²) in [6, 6.07) is 9.46. The van der Waals surface area contributed by atoms with E-state index in [2.05, 4.69) is 18.8 Å². The Morgan fingerprint density at radius 2 is 1.81 bits per heavy atom. The number of aromatic nitrogens is 2. The second-order valence-electron chi connectivity index (χ2n) is 8.61. The van der Waals surface area contributed by atoms with Crippen LogP contribution < -0.4 is 21.9 Å². The second-order valence-corrected chi connectivity index (χ2v) is 8.61. The van der Waals surface area contributed by atoms with E-state index in [1.165, 1.54) is 4.57 Å². The number of carbonyl (C=O) groups excluding carboxylic acids is 1. The van der Waals surface area contributed by atoms with Crippen LogP contribution in [-0.2, 0) is 11.3 Å². The van der Waals surface area contributed by atoms with E-state index < -0.39 is 11.2 Å². The number of rotatable bonds is 8. The molecule has 1 amide bonds. The van der Waals surface area contributed by atoms with Gasteiger partial charge in [0.05, 0.1) is 13.1 Å². The van der Waals surface area contributed by atoms with Crippen molar-refractivity contribution in [2.75, 3.05) is 36.8 Å². The largest absolute Gasteiger partial charge is 0.383 e. The van der Waals surface area contributed by atoms with Gasteiger partial charge in [-0.2, -0.15) is 0 Å². The van der Waals surface area contributed by atoms with Crippen LogP contribution in [0.15, 0.2) is 39.9 Å². The molecule has 0 atom stereocenters. The highest BCUT2D eigenvalue weighted by Gasteiger charge is 2.24. The summed E-state index contributed by atoms with van der Waals surface area (Å²) in [5.41, 5.74) is 6.35.